The van der Waals surface area contributed by atoms with Gasteiger partial charge in [0.1, 0.15) is 0 Å². The Kier molecular flexibility index (Phi) is 5.30. The second-order valence-corrected chi connectivity index (χ2v) is 7.71. The first kappa shape index (κ1) is 19.1. The molecule has 2 aromatic carbocycles. The van der Waals surface area contributed by atoms with Crippen molar-refractivity contribution in [3.63, 3.8) is 0 Å². The second-order valence-electron chi connectivity index (χ2n) is 7.71. The van der Waals surface area contributed by atoms with Gasteiger partial charge in [-0.1, -0.05) is 72.3 Å². The lowest BCUT2D eigenvalue weighted by molar-refractivity contribution is -0.133. The molecule has 0 spiro atoms. The van der Waals surface area contributed by atoms with Crippen molar-refractivity contribution in [2.75, 3.05) is 0 Å². The molecule has 0 radical (unpaired) electrons. The van der Waals surface area contributed by atoms with Crippen molar-refractivity contribution in [1.29, 1.82) is 0 Å². The fourth-order valence-corrected chi connectivity index (χ4v) is 4.32. The predicted octanol–water partition coefficient (Wildman–Crippen LogP) is 6.04. The van der Waals surface area contributed by atoms with Crippen LogP contribution in [0.25, 0.3) is 11.1 Å². The van der Waals surface area contributed by atoms with Crippen LogP contribution in [0.5, 0.6) is 0 Å². The summed E-state index contributed by atoms with van der Waals surface area (Å²) in [5.74, 6) is 0.0816. The molecule has 0 N–H and O–H groups in total. The Morgan fingerprint density at radius 3 is 2.28 bits per heavy atom. The SMILES string of the molecule is CC(=O)N1[C@H](c2cnc(C)c(-c3ccccc3)c2)CC=C(C)[C@H]1c1ccccc1. The van der Waals surface area contributed by atoms with Crippen LogP contribution in [0.15, 0.2) is 84.6 Å². The van der Waals surface area contributed by atoms with Gasteiger partial charge in [0.2, 0.25) is 5.91 Å². The lowest BCUT2D eigenvalue weighted by atomic mass is 9.87. The van der Waals surface area contributed by atoms with E-state index < -0.39 is 0 Å². The van der Waals surface area contributed by atoms with Gasteiger partial charge in [-0.05, 0) is 43.0 Å². The maximum absolute atomic E-state index is 12.8. The van der Waals surface area contributed by atoms with Gasteiger partial charge in [0.05, 0.1) is 12.1 Å². The highest BCUT2D eigenvalue weighted by molar-refractivity contribution is 5.76. The van der Waals surface area contributed by atoms with E-state index in [2.05, 4.69) is 48.3 Å². The molecule has 0 unspecified atom stereocenters. The summed E-state index contributed by atoms with van der Waals surface area (Å²) in [6.45, 7) is 5.82. The third kappa shape index (κ3) is 3.73. The third-order valence-electron chi connectivity index (χ3n) is 5.76. The van der Waals surface area contributed by atoms with Crippen molar-refractivity contribution >= 4 is 5.91 Å². The van der Waals surface area contributed by atoms with Crippen molar-refractivity contribution in [3.8, 4) is 11.1 Å². The number of benzene rings is 2. The molecule has 1 amide bonds. The first-order chi connectivity index (χ1) is 14.1. The molecular formula is C26H26N2O. The quantitative estimate of drug-likeness (QED) is 0.518. The van der Waals surface area contributed by atoms with Gasteiger partial charge in [0.15, 0.2) is 0 Å². The Balaban J connectivity index is 1.79. The first-order valence-corrected chi connectivity index (χ1v) is 10.1. The van der Waals surface area contributed by atoms with Crippen LogP contribution in [0, 0.1) is 6.92 Å². The standard InChI is InChI=1S/C26H26N2O/c1-18-14-15-25(28(20(3)29)26(18)22-12-8-5-9-13-22)23-16-24(19(2)27-17-23)21-10-6-4-7-11-21/h4-14,16-17,25-26H,15H2,1-3H3/t25-,26-/m0/s1. The Morgan fingerprint density at radius 2 is 1.62 bits per heavy atom. The summed E-state index contributed by atoms with van der Waals surface area (Å²) >= 11 is 0. The normalized spacial score (nSPS) is 19.0. The molecule has 2 atom stereocenters. The Labute approximate surface area is 172 Å². The molecule has 29 heavy (non-hydrogen) atoms. The van der Waals surface area contributed by atoms with Gasteiger partial charge in [0.25, 0.3) is 0 Å². The van der Waals surface area contributed by atoms with Gasteiger partial charge in [-0.15, -0.1) is 0 Å². The van der Waals surface area contributed by atoms with Gasteiger partial charge in [-0.3, -0.25) is 9.78 Å². The lowest BCUT2D eigenvalue weighted by Crippen LogP contribution is -2.39. The zero-order chi connectivity index (χ0) is 20.4. The van der Waals surface area contributed by atoms with E-state index in [-0.39, 0.29) is 18.0 Å². The number of carbonyl (C=O) groups excluding carboxylic acids is 1. The number of nitrogens with zero attached hydrogens (tertiary/aromatic N) is 2. The van der Waals surface area contributed by atoms with Crippen LogP contribution in [0.3, 0.4) is 0 Å². The summed E-state index contributed by atoms with van der Waals surface area (Å²) in [6, 6.07) is 22.7. The monoisotopic (exact) mass is 382 g/mol. The minimum Gasteiger partial charge on any atom is -0.325 e. The summed E-state index contributed by atoms with van der Waals surface area (Å²) in [6.07, 6.45) is 5.00. The fraction of sp³-hybridized carbons (Fsp3) is 0.231. The minimum atomic E-state index is -0.0473. The van der Waals surface area contributed by atoms with Crippen LogP contribution in [0.1, 0.15) is 49.2 Å². The molecule has 3 heteroatoms. The molecule has 1 aliphatic rings. The molecule has 0 bridgehead atoms. The highest BCUT2D eigenvalue weighted by Crippen LogP contribution is 2.42. The van der Waals surface area contributed by atoms with Gasteiger partial charge >= 0.3 is 0 Å². The summed E-state index contributed by atoms with van der Waals surface area (Å²) in [7, 11) is 0. The zero-order valence-electron chi connectivity index (χ0n) is 17.2. The molecule has 1 aliphatic heterocycles. The largest absolute Gasteiger partial charge is 0.325 e. The summed E-state index contributed by atoms with van der Waals surface area (Å²) in [5.41, 5.74) is 6.70. The van der Waals surface area contributed by atoms with Crippen molar-refractivity contribution in [1.82, 2.24) is 9.88 Å². The second kappa shape index (κ2) is 8.04. The van der Waals surface area contributed by atoms with Crippen molar-refractivity contribution in [2.45, 2.75) is 39.3 Å². The van der Waals surface area contributed by atoms with Crippen LogP contribution in [0.4, 0.5) is 0 Å². The van der Waals surface area contributed by atoms with Crippen LogP contribution in [-0.2, 0) is 4.79 Å². The molecule has 0 saturated heterocycles. The number of amides is 1. The van der Waals surface area contributed by atoms with Crippen molar-refractivity contribution < 1.29 is 4.79 Å². The summed E-state index contributed by atoms with van der Waals surface area (Å²) < 4.78 is 0. The van der Waals surface area contributed by atoms with E-state index >= 15 is 0 Å². The summed E-state index contributed by atoms with van der Waals surface area (Å²) in [5, 5.41) is 0. The highest BCUT2D eigenvalue weighted by atomic mass is 16.2. The van der Waals surface area contributed by atoms with E-state index in [0.717, 1.165) is 34.4 Å². The first-order valence-electron chi connectivity index (χ1n) is 10.1. The van der Waals surface area contributed by atoms with Crippen molar-refractivity contribution in [3.05, 3.63) is 101 Å². The predicted molar refractivity (Wildman–Crippen MR) is 117 cm³/mol. The minimum absolute atomic E-state index is 0.0306. The number of aromatic nitrogens is 1. The number of carbonyl (C=O) groups is 1. The lowest BCUT2D eigenvalue weighted by Gasteiger charge is -2.42. The molecule has 0 aliphatic carbocycles. The molecule has 4 rings (SSSR count). The average Bonchev–Trinajstić information content (AvgIpc) is 2.75. The van der Waals surface area contributed by atoms with E-state index in [9.17, 15) is 4.79 Å². The Bertz CT molecular complexity index is 1040. The molecule has 3 aromatic rings. The zero-order valence-corrected chi connectivity index (χ0v) is 17.2. The van der Waals surface area contributed by atoms with Crippen LogP contribution in [-0.4, -0.2) is 15.8 Å². The van der Waals surface area contributed by atoms with Crippen molar-refractivity contribution in [2.24, 2.45) is 0 Å². The summed E-state index contributed by atoms with van der Waals surface area (Å²) in [4.78, 5) is 19.5. The van der Waals surface area contributed by atoms with E-state index in [1.165, 1.54) is 5.57 Å². The highest BCUT2D eigenvalue weighted by Gasteiger charge is 2.34. The molecule has 0 saturated carbocycles. The van der Waals surface area contributed by atoms with Crippen LogP contribution < -0.4 is 0 Å². The molecule has 1 aromatic heterocycles. The van der Waals surface area contributed by atoms with Crippen LogP contribution in [0.2, 0.25) is 0 Å². The van der Waals surface area contributed by atoms with E-state index in [0.29, 0.717) is 0 Å². The maximum atomic E-state index is 12.8. The van der Waals surface area contributed by atoms with E-state index in [1.54, 1.807) is 6.92 Å². The Hall–Kier alpha value is -3.20. The number of hydrogen-bond acceptors (Lipinski definition) is 2. The topological polar surface area (TPSA) is 33.2 Å². The number of pyridine rings is 1. The Morgan fingerprint density at radius 1 is 0.966 bits per heavy atom. The third-order valence-corrected chi connectivity index (χ3v) is 5.76. The van der Waals surface area contributed by atoms with Crippen LogP contribution >= 0.6 is 0 Å². The number of hydrogen-bond donors (Lipinski definition) is 0. The molecular weight excluding hydrogens is 356 g/mol. The van der Waals surface area contributed by atoms with Gasteiger partial charge in [-0.25, -0.2) is 0 Å². The molecule has 0 fully saturated rings. The maximum Gasteiger partial charge on any atom is 0.220 e. The number of rotatable bonds is 3. The van der Waals surface area contributed by atoms with E-state index in [1.807, 2.05) is 54.4 Å². The van der Waals surface area contributed by atoms with Gasteiger partial charge in [-0.2, -0.15) is 0 Å². The van der Waals surface area contributed by atoms with Gasteiger partial charge in [0, 0.05) is 24.4 Å². The average molecular weight is 383 g/mol. The van der Waals surface area contributed by atoms with E-state index in [4.69, 9.17) is 0 Å². The fourth-order valence-electron chi connectivity index (χ4n) is 4.32. The number of aryl methyl sites for hydroxylation is 1. The van der Waals surface area contributed by atoms with Gasteiger partial charge < -0.3 is 4.90 Å². The smallest absolute Gasteiger partial charge is 0.220 e. The molecule has 2 heterocycles. The molecule has 3 nitrogen and oxygen atoms in total. The molecule has 146 valence electrons.